The van der Waals surface area contributed by atoms with Crippen LogP contribution in [-0.2, 0) is 4.79 Å². The zero-order valence-corrected chi connectivity index (χ0v) is 10.6. The lowest BCUT2D eigenvalue weighted by Gasteiger charge is -2.26. The van der Waals surface area contributed by atoms with Crippen molar-refractivity contribution in [2.45, 2.75) is 18.8 Å². The van der Waals surface area contributed by atoms with Gasteiger partial charge in [-0.25, -0.2) is 0 Å². The Balaban J connectivity index is 2.17. The third kappa shape index (κ3) is 2.80. The van der Waals surface area contributed by atoms with Gasteiger partial charge in [0.25, 0.3) is 0 Å². The molecule has 1 aromatic carbocycles. The van der Waals surface area contributed by atoms with E-state index in [1.165, 1.54) is 12.2 Å². The van der Waals surface area contributed by atoms with Crippen molar-refractivity contribution < 1.29 is 4.79 Å². The summed E-state index contributed by atoms with van der Waals surface area (Å²) in [4.78, 5) is 11.3. The van der Waals surface area contributed by atoms with Crippen LogP contribution in [0.15, 0.2) is 24.3 Å². The molecule has 16 heavy (non-hydrogen) atoms. The van der Waals surface area contributed by atoms with Crippen LogP contribution in [0.5, 0.6) is 0 Å². The van der Waals surface area contributed by atoms with Crippen molar-refractivity contribution in [3.63, 3.8) is 0 Å². The summed E-state index contributed by atoms with van der Waals surface area (Å²) in [6.07, 6.45) is 3.46. The number of hydrogen-bond donors (Lipinski definition) is 0. The maximum Gasteiger partial charge on any atom is 0.127 e. The molecule has 0 bridgehead atoms. The molecule has 0 saturated carbocycles. The zero-order chi connectivity index (χ0) is 11.4. The summed E-state index contributed by atoms with van der Waals surface area (Å²) < 4.78 is 0. The second kappa shape index (κ2) is 5.74. The molecule has 1 aliphatic rings. The van der Waals surface area contributed by atoms with E-state index in [2.05, 4.69) is 0 Å². The smallest absolute Gasteiger partial charge is 0.127 e. The van der Waals surface area contributed by atoms with Crippen LogP contribution in [0.2, 0.25) is 5.02 Å². The summed E-state index contributed by atoms with van der Waals surface area (Å²) in [5, 5.41) is 0.716. The minimum absolute atomic E-state index is 0.0199. The van der Waals surface area contributed by atoms with Crippen LogP contribution in [0.25, 0.3) is 0 Å². The largest absolute Gasteiger partial charge is 0.303 e. The Bertz CT molecular complexity index is 361. The highest BCUT2D eigenvalue weighted by Gasteiger charge is 2.24. The van der Waals surface area contributed by atoms with E-state index in [1.807, 2.05) is 36.0 Å². The van der Waals surface area contributed by atoms with Gasteiger partial charge in [0.05, 0.1) is 0 Å². The zero-order valence-electron chi connectivity index (χ0n) is 9.06. The van der Waals surface area contributed by atoms with Gasteiger partial charge in [-0.15, -0.1) is 0 Å². The van der Waals surface area contributed by atoms with E-state index >= 15 is 0 Å². The molecule has 1 saturated heterocycles. The third-order valence-electron chi connectivity index (χ3n) is 3.08. The number of aldehydes is 1. The average Bonchev–Trinajstić information content (AvgIpc) is 2.31. The maximum absolute atomic E-state index is 11.3. The normalized spacial score (nSPS) is 22.7. The van der Waals surface area contributed by atoms with E-state index in [0.29, 0.717) is 10.9 Å². The van der Waals surface area contributed by atoms with E-state index < -0.39 is 0 Å². The summed E-state index contributed by atoms with van der Waals surface area (Å²) >= 11 is 7.92. The molecule has 1 aliphatic heterocycles. The van der Waals surface area contributed by atoms with E-state index in [9.17, 15) is 4.79 Å². The van der Waals surface area contributed by atoms with Crippen molar-refractivity contribution in [1.29, 1.82) is 0 Å². The molecule has 1 heterocycles. The Morgan fingerprint density at radius 2 is 2.38 bits per heavy atom. The number of carbonyl (C=O) groups excluding carboxylic acids is 1. The molecule has 0 spiro atoms. The van der Waals surface area contributed by atoms with Gasteiger partial charge in [-0.3, -0.25) is 0 Å². The average molecular weight is 255 g/mol. The van der Waals surface area contributed by atoms with Crippen molar-refractivity contribution in [1.82, 2.24) is 0 Å². The molecule has 2 rings (SSSR count). The molecule has 1 nitrogen and oxygen atoms in total. The molecule has 0 N–H and O–H groups in total. The molecule has 0 aromatic heterocycles. The molecule has 2 unspecified atom stereocenters. The Morgan fingerprint density at radius 3 is 3.00 bits per heavy atom. The standard InChI is InChI=1S/C13H15ClOS/c14-12-5-1-3-10(7-12)13(8-15)11-4-2-6-16-9-11/h1,3,5,7-8,11,13H,2,4,6,9H2. The lowest BCUT2D eigenvalue weighted by Crippen LogP contribution is -2.20. The lowest BCUT2D eigenvalue weighted by atomic mass is 9.85. The second-order valence-electron chi connectivity index (χ2n) is 4.19. The van der Waals surface area contributed by atoms with E-state index in [0.717, 1.165) is 24.0 Å². The molecule has 0 radical (unpaired) electrons. The first-order valence-electron chi connectivity index (χ1n) is 5.60. The maximum atomic E-state index is 11.3. The van der Waals surface area contributed by atoms with Crippen LogP contribution < -0.4 is 0 Å². The predicted octanol–water partition coefficient (Wildman–Crippen LogP) is 3.77. The Morgan fingerprint density at radius 1 is 1.50 bits per heavy atom. The number of rotatable bonds is 3. The topological polar surface area (TPSA) is 17.1 Å². The van der Waals surface area contributed by atoms with Crippen molar-refractivity contribution in [3.05, 3.63) is 34.9 Å². The van der Waals surface area contributed by atoms with Crippen LogP contribution in [0.3, 0.4) is 0 Å². The Hall–Kier alpha value is -0.470. The first kappa shape index (κ1) is 12.0. The van der Waals surface area contributed by atoms with Gasteiger partial charge in [-0.2, -0.15) is 11.8 Å². The summed E-state index contributed by atoms with van der Waals surface area (Å²) in [6.45, 7) is 0. The molecular weight excluding hydrogens is 240 g/mol. The second-order valence-corrected chi connectivity index (χ2v) is 5.78. The first-order valence-corrected chi connectivity index (χ1v) is 7.13. The van der Waals surface area contributed by atoms with Gasteiger partial charge in [0, 0.05) is 10.9 Å². The van der Waals surface area contributed by atoms with Gasteiger partial charge >= 0.3 is 0 Å². The summed E-state index contributed by atoms with van der Waals surface area (Å²) in [5.74, 6) is 2.83. The molecular formula is C13H15ClOS. The van der Waals surface area contributed by atoms with Crippen molar-refractivity contribution >= 4 is 29.6 Å². The summed E-state index contributed by atoms with van der Waals surface area (Å²) in [6, 6.07) is 7.69. The fraction of sp³-hybridized carbons (Fsp3) is 0.462. The van der Waals surface area contributed by atoms with E-state index in [-0.39, 0.29) is 5.92 Å². The minimum atomic E-state index is 0.0199. The van der Waals surface area contributed by atoms with Gasteiger partial charge in [-0.1, -0.05) is 23.7 Å². The quantitative estimate of drug-likeness (QED) is 0.764. The Labute approximate surface area is 106 Å². The monoisotopic (exact) mass is 254 g/mol. The van der Waals surface area contributed by atoms with Crippen LogP contribution >= 0.6 is 23.4 Å². The van der Waals surface area contributed by atoms with Gasteiger partial charge in [-0.05, 0) is 48.0 Å². The first-order chi connectivity index (χ1) is 7.81. The minimum Gasteiger partial charge on any atom is -0.303 e. The van der Waals surface area contributed by atoms with Crippen molar-refractivity contribution in [2.75, 3.05) is 11.5 Å². The van der Waals surface area contributed by atoms with Gasteiger partial charge < -0.3 is 4.79 Å². The summed E-state index contributed by atoms with van der Waals surface area (Å²) in [7, 11) is 0. The van der Waals surface area contributed by atoms with Gasteiger partial charge in [0.1, 0.15) is 6.29 Å². The van der Waals surface area contributed by atoms with Crippen LogP contribution in [0.4, 0.5) is 0 Å². The molecule has 0 aliphatic carbocycles. The molecule has 1 aromatic rings. The predicted molar refractivity (Wildman–Crippen MR) is 70.3 cm³/mol. The molecule has 86 valence electrons. The van der Waals surface area contributed by atoms with Crippen LogP contribution in [0, 0.1) is 5.92 Å². The number of thioether (sulfide) groups is 1. The molecule has 0 amide bonds. The fourth-order valence-electron chi connectivity index (χ4n) is 2.22. The van der Waals surface area contributed by atoms with Gasteiger partial charge in [0.2, 0.25) is 0 Å². The highest BCUT2D eigenvalue weighted by molar-refractivity contribution is 7.99. The highest BCUT2D eigenvalue weighted by atomic mass is 35.5. The third-order valence-corrected chi connectivity index (χ3v) is 4.56. The molecule has 1 fully saturated rings. The number of halogens is 1. The fourth-order valence-corrected chi connectivity index (χ4v) is 3.64. The van der Waals surface area contributed by atoms with Crippen LogP contribution in [-0.4, -0.2) is 17.8 Å². The molecule has 3 heteroatoms. The van der Waals surface area contributed by atoms with E-state index in [4.69, 9.17) is 11.6 Å². The summed E-state index contributed by atoms with van der Waals surface area (Å²) in [5.41, 5.74) is 1.06. The number of benzene rings is 1. The van der Waals surface area contributed by atoms with Crippen molar-refractivity contribution in [2.24, 2.45) is 5.92 Å². The molecule has 2 atom stereocenters. The highest BCUT2D eigenvalue weighted by Crippen LogP contribution is 2.34. The van der Waals surface area contributed by atoms with Crippen LogP contribution in [0.1, 0.15) is 24.3 Å². The van der Waals surface area contributed by atoms with Gasteiger partial charge in [0.15, 0.2) is 0 Å². The van der Waals surface area contributed by atoms with E-state index in [1.54, 1.807) is 0 Å². The SMILES string of the molecule is O=CC(c1cccc(Cl)c1)C1CCCSC1. The Kier molecular flexibility index (Phi) is 4.30. The number of hydrogen-bond acceptors (Lipinski definition) is 2. The lowest BCUT2D eigenvalue weighted by molar-refractivity contribution is -0.110. The number of carbonyl (C=O) groups is 1. The van der Waals surface area contributed by atoms with Crippen molar-refractivity contribution in [3.8, 4) is 0 Å².